The van der Waals surface area contributed by atoms with Crippen molar-refractivity contribution in [2.45, 2.75) is 6.92 Å². The summed E-state index contributed by atoms with van der Waals surface area (Å²) >= 11 is 0. The summed E-state index contributed by atoms with van der Waals surface area (Å²) in [6.45, 7) is 1.93. The van der Waals surface area contributed by atoms with Gasteiger partial charge in [-0.1, -0.05) is 6.07 Å². The van der Waals surface area contributed by atoms with Gasteiger partial charge in [0.15, 0.2) is 0 Å². The molecule has 0 unspecified atom stereocenters. The molecule has 1 heterocycles. The molecule has 0 aliphatic heterocycles. The van der Waals surface area contributed by atoms with Gasteiger partial charge in [0, 0.05) is 18.0 Å². The largest absolute Gasteiger partial charge is 0.244 e. The lowest BCUT2D eigenvalue weighted by Crippen LogP contribution is -1.87. The van der Waals surface area contributed by atoms with Gasteiger partial charge in [0.25, 0.3) is 0 Å². The van der Waals surface area contributed by atoms with Crippen LogP contribution in [0.2, 0.25) is 0 Å². The number of aryl methyl sites for hydroxylation is 1. The first kappa shape index (κ1) is 8.81. The summed E-state index contributed by atoms with van der Waals surface area (Å²) in [6, 6.07) is 4.69. The van der Waals surface area contributed by atoms with E-state index in [1.807, 2.05) is 6.92 Å². The van der Waals surface area contributed by atoms with Crippen molar-refractivity contribution in [3.8, 4) is 11.1 Å². The van der Waals surface area contributed by atoms with Crippen molar-refractivity contribution in [2.24, 2.45) is 0 Å². The van der Waals surface area contributed by atoms with Crippen LogP contribution >= 0.6 is 0 Å². The Morgan fingerprint density at radius 1 is 1.14 bits per heavy atom. The average Bonchev–Trinajstić information content (AvgIpc) is 2.23. The van der Waals surface area contributed by atoms with E-state index in [0.29, 0.717) is 0 Å². The van der Waals surface area contributed by atoms with Gasteiger partial charge in [-0.25, -0.2) is 14.4 Å². The van der Waals surface area contributed by atoms with Gasteiger partial charge in [-0.15, -0.1) is 0 Å². The van der Waals surface area contributed by atoms with E-state index in [4.69, 9.17) is 0 Å². The van der Waals surface area contributed by atoms with Crippen molar-refractivity contribution in [2.75, 3.05) is 0 Å². The van der Waals surface area contributed by atoms with E-state index in [9.17, 15) is 4.39 Å². The van der Waals surface area contributed by atoms with Crippen molar-refractivity contribution in [3.63, 3.8) is 0 Å². The zero-order valence-corrected chi connectivity index (χ0v) is 7.74. The van der Waals surface area contributed by atoms with Gasteiger partial charge in [-0.2, -0.15) is 0 Å². The van der Waals surface area contributed by atoms with Crippen LogP contribution in [0.1, 0.15) is 5.56 Å². The molecule has 0 aliphatic rings. The summed E-state index contributed by atoms with van der Waals surface area (Å²) in [7, 11) is 0. The van der Waals surface area contributed by atoms with Crippen LogP contribution in [-0.2, 0) is 0 Å². The predicted octanol–water partition coefficient (Wildman–Crippen LogP) is 2.59. The molecule has 0 radical (unpaired) electrons. The quantitative estimate of drug-likeness (QED) is 0.687. The van der Waals surface area contributed by atoms with Crippen LogP contribution in [0.3, 0.4) is 0 Å². The molecule has 3 heteroatoms. The Bertz CT molecular complexity index is 440. The fraction of sp³-hybridized carbons (Fsp3) is 0.0909. The number of benzene rings is 1. The minimum Gasteiger partial charge on any atom is -0.244 e. The predicted molar refractivity (Wildman–Crippen MR) is 52.2 cm³/mol. The molecule has 70 valence electrons. The number of aromatic nitrogens is 2. The highest BCUT2D eigenvalue weighted by atomic mass is 19.1. The van der Waals surface area contributed by atoms with E-state index in [0.717, 1.165) is 16.7 Å². The van der Waals surface area contributed by atoms with Crippen molar-refractivity contribution in [1.82, 2.24) is 9.97 Å². The molecule has 0 spiro atoms. The summed E-state index contributed by atoms with van der Waals surface area (Å²) in [5, 5.41) is 0. The second kappa shape index (κ2) is 3.54. The smallest absolute Gasteiger partial charge is 0.123 e. The van der Waals surface area contributed by atoms with Crippen molar-refractivity contribution >= 4 is 0 Å². The summed E-state index contributed by atoms with van der Waals surface area (Å²) < 4.78 is 13.0. The first-order chi connectivity index (χ1) is 6.77. The molecule has 1 aromatic heterocycles. The molecule has 0 saturated heterocycles. The van der Waals surface area contributed by atoms with Crippen LogP contribution in [0.4, 0.5) is 4.39 Å². The third kappa shape index (κ3) is 1.62. The molecule has 0 N–H and O–H groups in total. The van der Waals surface area contributed by atoms with Gasteiger partial charge < -0.3 is 0 Å². The van der Waals surface area contributed by atoms with E-state index >= 15 is 0 Å². The molecule has 0 bridgehead atoms. The Labute approximate surface area is 81.5 Å². The zero-order valence-electron chi connectivity index (χ0n) is 7.74. The zero-order chi connectivity index (χ0) is 9.97. The van der Waals surface area contributed by atoms with Crippen LogP contribution in [-0.4, -0.2) is 9.97 Å². The van der Waals surface area contributed by atoms with Gasteiger partial charge in [0.1, 0.15) is 12.1 Å². The number of rotatable bonds is 1. The molecule has 0 saturated carbocycles. The summed E-state index contributed by atoms with van der Waals surface area (Å²) in [6.07, 6.45) is 4.81. The Balaban J connectivity index is 2.57. The topological polar surface area (TPSA) is 25.8 Å². The van der Waals surface area contributed by atoms with E-state index < -0.39 is 0 Å². The molecular formula is C11H9FN2. The first-order valence-corrected chi connectivity index (χ1v) is 4.29. The molecular weight excluding hydrogens is 179 g/mol. The maximum atomic E-state index is 13.0. The molecule has 1 aromatic carbocycles. The Hall–Kier alpha value is -1.77. The number of nitrogens with zero attached hydrogens (tertiary/aromatic N) is 2. The molecule has 0 amide bonds. The monoisotopic (exact) mass is 188 g/mol. The number of hydrogen-bond acceptors (Lipinski definition) is 2. The highest BCUT2D eigenvalue weighted by Gasteiger charge is 2.03. The fourth-order valence-corrected chi connectivity index (χ4v) is 1.34. The van der Waals surface area contributed by atoms with Crippen LogP contribution in [0.5, 0.6) is 0 Å². The lowest BCUT2D eigenvalue weighted by Gasteiger charge is -2.04. The van der Waals surface area contributed by atoms with Crippen LogP contribution in [0.25, 0.3) is 11.1 Å². The molecule has 0 fully saturated rings. The van der Waals surface area contributed by atoms with Gasteiger partial charge in [0.05, 0.1) is 0 Å². The highest BCUT2D eigenvalue weighted by molar-refractivity contribution is 5.65. The van der Waals surface area contributed by atoms with Crippen LogP contribution < -0.4 is 0 Å². The van der Waals surface area contributed by atoms with E-state index in [1.54, 1.807) is 18.5 Å². The normalized spacial score (nSPS) is 10.1. The van der Waals surface area contributed by atoms with Crippen molar-refractivity contribution < 1.29 is 4.39 Å². The molecule has 2 rings (SSSR count). The molecule has 2 nitrogen and oxygen atoms in total. The van der Waals surface area contributed by atoms with Crippen LogP contribution in [0.15, 0.2) is 36.9 Å². The highest BCUT2D eigenvalue weighted by Crippen LogP contribution is 2.22. The summed E-state index contributed by atoms with van der Waals surface area (Å²) in [4.78, 5) is 7.80. The summed E-state index contributed by atoms with van der Waals surface area (Å²) in [5.41, 5.74) is 2.69. The van der Waals surface area contributed by atoms with E-state index in [1.165, 1.54) is 18.5 Å². The third-order valence-corrected chi connectivity index (χ3v) is 2.07. The average molecular weight is 188 g/mol. The summed E-state index contributed by atoms with van der Waals surface area (Å²) in [5.74, 6) is -0.241. The Kier molecular flexibility index (Phi) is 2.23. The van der Waals surface area contributed by atoms with Gasteiger partial charge in [-0.3, -0.25) is 0 Å². The third-order valence-electron chi connectivity index (χ3n) is 2.07. The Morgan fingerprint density at radius 2 is 1.86 bits per heavy atom. The van der Waals surface area contributed by atoms with E-state index in [2.05, 4.69) is 9.97 Å². The standard InChI is InChI=1S/C11H9FN2/c1-8-2-3-10(12)4-11(8)9-5-13-7-14-6-9/h2-7H,1H3. The van der Waals surface area contributed by atoms with E-state index in [-0.39, 0.29) is 5.82 Å². The van der Waals surface area contributed by atoms with Gasteiger partial charge >= 0.3 is 0 Å². The maximum Gasteiger partial charge on any atom is 0.123 e. The van der Waals surface area contributed by atoms with Gasteiger partial charge in [0.2, 0.25) is 0 Å². The second-order valence-electron chi connectivity index (χ2n) is 3.09. The lowest BCUT2D eigenvalue weighted by molar-refractivity contribution is 0.628. The molecule has 2 aromatic rings. The minimum atomic E-state index is -0.241. The fourth-order valence-electron chi connectivity index (χ4n) is 1.34. The van der Waals surface area contributed by atoms with Gasteiger partial charge in [-0.05, 0) is 30.2 Å². The number of halogens is 1. The Morgan fingerprint density at radius 3 is 2.57 bits per heavy atom. The maximum absolute atomic E-state index is 13.0. The molecule has 0 aliphatic carbocycles. The van der Waals surface area contributed by atoms with Crippen molar-refractivity contribution in [3.05, 3.63) is 48.3 Å². The van der Waals surface area contributed by atoms with Crippen LogP contribution in [0, 0.1) is 12.7 Å². The minimum absolute atomic E-state index is 0.241. The lowest BCUT2D eigenvalue weighted by atomic mass is 10.0. The van der Waals surface area contributed by atoms with Crippen molar-refractivity contribution in [1.29, 1.82) is 0 Å². The first-order valence-electron chi connectivity index (χ1n) is 4.29. The second-order valence-corrected chi connectivity index (χ2v) is 3.09. The SMILES string of the molecule is Cc1ccc(F)cc1-c1cncnc1. The molecule has 0 atom stereocenters. The number of hydrogen-bond donors (Lipinski definition) is 0. The molecule has 14 heavy (non-hydrogen) atoms.